The fourth-order valence-electron chi connectivity index (χ4n) is 1.46. The predicted octanol–water partition coefficient (Wildman–Crippen LogP) is 3.33. The molecular formula is C11H8BrF2N3OS. The number of carbonyl (C=O) groups excluding carboxylic acids is 1. The zero-order valence-corrected chi connectivity index (χ0v) is 12.0. The average molecular weight is 348 g/mol. The van der Waals surface area contributed by atoms with Crippen LogP contribution in [0.15, 0.2) is 16.6 Å². The number of hydrogen-bond donors (Lipinski definition) is 2. The SMILES string of the molecule is Cc1nc(N)sc1C(=O)Nc1c(F)cc(F)cc1Br. The lowest BCUT2D eigenvalue weighted by Crippen LogP contribution is -2.13. The molecular weight excluding hydrogens is 340 g/mol. The Kier molecular flexibility index (Phi) is 3.81. The molecule has 100 valence electrons. The summed E-state index contributed by atoms with van der Waals surface area (Å²) in [7, 11) is 0. The molecule has 0 aliphatic carbocycles. The maximum atomic E-state index is 13.6. The molecule has 0 radical (unpaired) electrons. The van der Waals surface area contributed by atoms with E-state index in [0.29, 0.717) is 11.8 Å². The molecule has 0 aliphatic heterocycles. The molecule has 1 heterocycles. The molecule has 4 nitrogen and oxygen atoms in total. The minimum atomic E-state index is -0.865. The summed E-state index contributed by atoms with van der Waals surface area (Å²) in [5, 5.41) is 2.61. The molecule has 0 aliphatic rings. The summed E-state index contributed by atoms with van der Waals surface area (Å²) in [6.45, 7) is 1.62. The van der Waals surface area contributed by atoms with Crippen LogP contribution >= 0.6 is 27.3 Å². The van der Waals surface area contributed by atoms with Gasteiger partial charge in [-0.1, -0.05) is 11.3 Å². The molecule has 8 heteroatoms. The third-order valence-electron chi connectivity index (χ3n) is 2.26. The number of amides is 1. The minimum absolute atomic E-state index is 0.119. The normalized spacial score (nSPS) is 10.5. The first-order valence-corrected chi connectivity index (χ1v) is 6.68. The fourth-order valence-corrected chi connectivity index (χ4v) is 2.70. The summed E-state index contributed by atoms with van der Waals surface area (Å²) in [5.41, 5.74) is 5.81. The summed E-state index contributed by atoms with van der Waals surface area (Å²) >= 11 is 3.99. The van der Waals surface area contributed by atoms with Gasteiger partial charge in [-0.15, -0.1) is 0 Å². The Morgan fingerprint density at radius 1 is 1.47 bits per heavy atom. The average Bonchev–Trinajstić information content (AvgIpc) is 2.62. The van der Waals surface area contributed by atoms with E-state index in [1.807, 2.05) is 0 Å². The molecule has 0 spiro atoms. The van der Waals surface area contributed by atoms with Crippen LogP contribution in [-0.4, -0.2) is 10.9 Å². The van der Waals surface area contributed by atoms with Gasteiger partial charge in [0.2, 0.25) is 0 Å². The Hall–Kier alpha value is -1.54. The first-order valence-electron chi connectivity index (χ1n) is 5.07. The van der Waals surface area contributed by atoms with Gasteiger partial charge < -0.3 is 11.1 Å². The van der Waals surface area contributed by atoms with Crippen LogP contribution in [0.4, 0.5) is 19.6 Å². The van der Waals surface area contributed by atoms with Gasteiger partial charge in [0, 0.05) is 10.5 Å². The van der Waals surface area contributed by atoms with Crippen LogP contribution in [0.2, 0.25) is 0 Å². The number of nitrogen functional groups attached to an aromatic ring is 1. The van der Waals surface area contributed by atoms with E-state index in [0.717, 1.165) is 17.4 Å². The Balaban J connectivity index is 2.32. The van der Waals surface area contributed by atoms with Gasteiger partial charge in [-0.05, 0) is 28.9 Å². The number of aromatic nitrogens is 1. The van der Waals surface area contributed by atoms with Crippen LogP contribution in [0.25, 0.3) is 0 Å². The van der Waals surface area contributed by atoms with E-state index in [1.165, 1.54) is 0 Å². The van der Waals surface area contributed by atoms with E-state index in [2.05, 4.69) is 26.2 Å². The van der Waals surface area contributed by atoms with Crippen LogP contribution in [-0.2, 0) is 0 Å². The number of thiazole rings is 1. The van der Waals surface area contributed by atoms with E-state index in [1.54, 1.807) is 6.92 Å². The van der Waals surface area contributed by atoms with E-state index in [9.17, 15) is 13.6 Å². The number of halogens is 3. The highest BCUT2D eigenvalue weighted by Crippen LogP contribution is 2.28. The highest BCUT2D eigenvalue weighted by molar-refractivity contribution is 9.10. The van der Waals surface area contributed by atoms with E-state index in [-0.39, 0.29) is 20.2 Å². The number of hydrogen-bond acceptors (Lipinski definition) is 4. The van der Waals surface area contributed by atoms with Gasteiger partial charge in [0.25, 0.3) is 5.91 Å². The molecule has 0 saturated heterocycles. The second kappa shape index (κ2) is 5.22. The van der Waals surface area contributed by atoms with Crippen molar-refractivity contribution in [2.75, 3.05) is 11.1 Å². The monoisotopic (exact) mass is 347 g/mol. The predicted molar refractivity (Wildman–Crippen MR) is 73.3 cm³/mol. The highest BCUT2D eigenvalue weighted by atomic mass is 79.9. The Morgan fingerprint density at radius 3 is 2.68 bits per heavy atom. The van der Waals surface area contributed by atoms with Gasteiger partial charge in [0.05, 0.1) is 11.4 Å². The van der Waals surface area contributed by atoms with Crippen LogP contribution < -0.4 is 11.1 Å². The lowest BCUT2D eigenvalue weighted by molar-refractivity contribution is 0.102. The van der Waals surface area contributed by atoms with Gasteiger partial charge >= 0.3 is 0 Å². The first-order chi connectivity index (χ1) is 8.88. The zero-order chi connectivity index (χ0) is 14.2. The van der Waals surface area contributed by atoms with Gasteiger partial charge in [-0.25, -0.2) is 13.8 Å². The summed E-state index contributed by atoms with van der Waals surface area (Å²) in [6, 6.07) is 1.75. The van der Waals surface area contributed by atoms with Gasteiger partial charge in [-0.2, -0.15) is 0 Å². The summed E-state index contributed by atoms with van der Waals surface area (Å²) in [6.07, 6.45) is 0. The van der Waals surface area contributed by atoms with Crippen molar-refractivity contribution in [3.05, 3.63) is 38.8 Å². The van der Waals surface area contributed by atoms with Gasteiger partial charge in [0.1, 0.15) is 10.7 Å². The molecule has 2 aromatic rings. The molecule has 3 N–H and O–H groups in total. The maximum Gasteiger partial charge on any atom is 0.267 e. The molecule has 0 fully saturated rings. The van der Waals surface area contributed by atoms with Crippen molar-refractivity contribution in [1.82, 2.24) is 4.98 Å². The number of carbonyl (C=O) groups is 1. The quantitative estimate of drug-likeness (QED) is 0.875. The number of anilines is 2. The summed E-state index contributed by atoms with van der Waals surface area (Å²) < 4.78 is 26.6. The number of aryl methyl sites for hydroxylation is 1. The third-order valence-corrected chi connectivity index (χ3v) is 3.88. The van der Waals surface area contributed by atoms with Crippen molar-refractivity contribution in [2.24, 2.45) is 0 Å². The van der Waals surface area contributed by atoms with Gasteiger partial charge in [-0.3, -0.25) is 4.79 Å². The molecule has 0 saturated carbocycles. The number of nitrogens with two attached hydrogens (primary N) is 1. The molecule has 19 heavy (non-hydrogen) atoms. The maximum absolute atomic E-state index is 13.6. The summed E-state index contributed by atoms with van der Waals surface area (Å²) in [5.74, 6) is -2.14. The largest absolute Gasteiger partial charge is 0.375 e. The van der Waals surface area contributed by atoms with Crippen molar-refractivity contribution < 1.29 is 13.6 Å². The topological polar surface area (TPSA) is 68.0 Å². The molecule has 0 atom stereocenters. The Morgan fingerprint density at radius 2 is 2.16 bits per heavy atom. The van der Waals surface area contributed by atoms with Crippen molar-refractivity contribution in [3.8, 4) is 0 Å². The molecule has 0 bridgehead atoms. The number of rotatable bonds is 2. The first kappa shape index (κ1) is 13.9. The molecule has 1 amide bonds. The second-order valence-corrected chi connectivity index (χ2v) is 5.55. The third kappa shape index (κ3) is 2.90. The second-order valence-electron chi connectivity index (χ2n) is 3.67. The minimum Gasteiger partial charge on any atom is -0.375 e. The lowest BCUT2D eigenvalue weighted by Gasteiger charge is -2.08. The number of nitrogens with one attached hydrogen (secondary N) is 1. The van der Waals surface area contributed by atoms with Crippen LogP contribution in [0.5, 0.6) is 0 Å². The van der Waals surface area contributed by atoms with Crippen molar-refractivity contribution in [1.29, 1.82) is 0 Å². The van der Waals surface area contributed by atoms with E-state index < -0.39 is 17.5 Å². The highest BCUT2D eigenvalue weighted by Gasteiger charge is 2.18. The van der Waals surface area contributed by atoms with Crippen molar-refractivity contribution in [2.45, 2.75) is 6.92 Å². The van der Waals surface area contributed by atoms with Crippen LogP contribution in [0, 0.1) is 18.6 Å². The Labute approximate surface area is 119 Å². The summed E-state index contributed by atoms with van der Waals surface area (Å²) in [4.78, 5) is 16.1. The fraction of sp³-hybridized carbons (Fsp3) is 0.0909. The zero-order valence-electron chi connectivity index (χ0n) is 9.63. The van der Waals surface area contributed by atoms with E-state index >= 15 is 0 Å². The number of benzene rings is 1. The van der Waals surface area contributed by atoms with Crippen molar-refractivity contribution in [3.63, 3.8) is 0 Å². The molecule has 1 aromatic carbocycles. The molecule has 2 rings (SSSR count). The van der Waals surface area contributed by atoms with Crippen molar-refractivity contribution >= 4 is 44.0 Å². The van der Waals surface area contributed by atoms with Crippen LogP contribution in [0.1, 0.15) is 15.4 Å². The smallest absolute Gasteiger partial charge is 0.267 e. The Bertz CT molecular complexity index is 636. The molecule has 1 aromatic heterocycles. The van der Waals surface area contributed by atoms with Crippen LogP contribution in [0.3, 0.4) is 0 Å². The van der Waals surface area contributed by atoms with Gasteiger partial charge in [0.15, 0.2) is 10.9 Å². The van der Waals surface area contributed by atoms with E-state index in [4.69, 9.17) is 5.73 Å². The molecule has 0 unspecified atom stereocenters. The standard InChI is InChI=1S/C11H8BrF2N3OS/c1-4-9(19-11(15)16-4)10(18)17-8-6(12)2-5(13)3-7(8)14/h2-3H,1H3,(H2,15,16)(H,17,18). The lowest BCUT2D eigenvalue weighted by atomic mass is 10.3. The number of nitrogens with zero attached hydrogens (tertiary/aromatic N) is 1.